The number of aliphatic imine (C=N–C) groups is 1. The van der Waals surface area contributed by atoms with Gasteiger partial charge in [0.1, 0.15) is 5.76 Å². The van der Waals surface area contributed by atoms with Crippen LogP contribution in [-0.4, -0.2) is 59.5 Å². The zero-order chi connectivity index (χ0) is 21.7. The van der Waals surface area contributed by atoms with E-state index < -0.39 is 0 Å². The molecule has 0 saturated carbocycles. The normalized spacial score (nSPS) is 15.6. The zero-order valence-electron chi connectivity index (χ0n) is 18.5. The Hall–Kier alpha value is -1.81. The third-order valence-electron chi connectivity index (χ3n) is 5.34. The van der Waals surface area contributed by atoms with Gasteiger partial charge in [-0.05, 0) is 38.5 Å². The van der Waals surface area contributed by atoms with Crippen LogP contribution in [0.1, 0.15) is 42.3 Å². The Labute approximate surface area is 206 Å². The van der Waals surface area contributed by atoms with Crippen LogP contribution in [0.5, 0.6) is 0 Å². The molecular weight excluding hydrogens is 529 g/mol. The van der Waals surface area contributed by atoms with Crippen LogP contribution >= 0.6 is 35.6 Å². The third-order valence-corrected chi connectivity index (χ3v) is 5.59. The number of nitrogens with one attached hydrogen (secondary N) is 1. The second-order valence-corrected chi connectivity index (χ2v) is 8.13. The van der Waals surface area contributed by atoms with Gasteiger partial charge in [0.2, 0.25) is 5.91 Å². The lowest BCUT2D eigenvalue weighted by molar-refractivity contribution is -0.135. The molecule has 1 atom stereocenters. The van der Waals surface area contributed by atoms with E-state index in [9.17, 15) is 4.79 Å². The van der Waals surface area contributed by atoms with Gasteiger partial charge < -0.3 is 19.6 Å². The number of hydrogen-bond acceptors (Lipinski definition) is 4. The molecule has 0 radical (unpaired) electrons. The number of aromatic nitrogens is 1. The molecule has 1 aromatic carbocycles. The lowest BCUT2D eigenvalue weighted by Crippen LogP contribution is -2.55. The SMILES string of the molecule is CCNC(=NCC(C)c1c(C)noc1C)N1CCN(Cc2ccc(Cl)cc2)C(=O)C1.I. The Kier molecular flexibility index (Phi) is 9.61. The van der Waals surface area contributed by atoms with Gasteiger partial charge in [0.25, 0.3) is 0 Å². The summed E-state index contributed by atoms with van der Waals surface area (Å²) in [7, 11) is 0. The Morgan fingerprint density at radius 1 is 1.29 bits per heavy atom. The van der Waals surface area contributed by atoms with Crippen LogP contribution in [-0.2, 0) is 11.3 Å². The summed E-state index contributed by atoms with van der Waals surface area (Å²) in [6, 6.07) is 7.63. The first-order valence-corrected chi connectivity index (χ1v) is 10.7. The van der Waals surface area contributed by atoms with E-state index in [0.29, 0.717) is 31.2 Å². The van der Waals surface area contributed by atoms with E-state index in [1.54, 1.807) is 0 Å². The van der Waals surface area contributed by atoms with E-state index in [1.807, 2.05) is 54.8 Å². The minimum absolute atomic E-state index is 0. The number of amides is 1. The number of guanidine groups is 1. The number of aryl methyl sites for hydroxylation is 2. The van der Waals surface area contributed by atoms with Crippen molar-refractivity contribution in [1.29, 1.82) is 0 Å². The minimum Gasteiger partial charge on any atom is -0.361 e. The average molecular weight is 560 g/mol. The minimum atomic E-state index is 0. The molecule has 1 N–H and O–H groups in total. The monoisotopic (exact) mass is 559 g/mol. The first-order chi connectivity index (χ1) is 14.4. The number of carbonyl (C=O) groups is 1. The number of piperazine rings is 1. The van der Waals surface area contributed by atoms with Crippen LogP contribution in [0, 0.1) is 13.8 Å². The fourth-order valence-corrected chi connectivity index (χ4v) is 3.93. The van der Waals surface area contributed by atoms with E-state index in [4.69, 9.17) is 21.1 Å². The fraction of sp³-hybridized carbons (Fsp3) is 0.500. The molecule has 0 spiro atoms. The van der Waals surface area contributed by atoms with Crippen molar-refractivity contribution < 1.29 is 9.32 Å². The maximum Gasteiger partial charge on any atom is 0.242 e. The smallest absolute Gasteiger partial charge is 0.242 e. The Morgan fingerprint density at radius 3 is 2.58 bits per heavy atom. The van der Waals surface area contributed by atoms with Crippen LogP contribution in [0.2, 0.25) is 5.02 Å². The number of halogens is 2. The topological polar surface area (TPSA) is 74.0 Å². The zero-order valence-corrected chi connectivity index (χ0v) is 21.6. The van der Waals surface area contributed by atoms with Crippen LogP contribution in [0.3, 0.4) is 0 Å². The highest BCUT2D eigenvalue weighted by molar-refractivity contribution is 14.0. The highest BCUT2D eigenvalue weighted by atomic mass is 127. The highest BCUT2D eigenvalue weighted by Crippen LogP contribution is 2.23. The van der Waals surface area contributed by atoms with Crippen molar-refractivity contribution in [2.45, 2.75) is 40.2 Å². The molecule has 1 aromatic heterocycles. The molecule has 1 fully saturated rings. The molecule has 170 valence electrons. The van der Waals surface area contributed by atoms with E-state index in [-0.39, 0.29) is 35.8 Å². The second kappa shape index (κ2) is 11.7. The molecule has 1 aliphatic rings. The van der Waals surface area contributed by atoms with Crippen LogP contribution in [0.4, 0.5) is 0 Å². The van der Waals surface area contributed by atoms with Crippen LogP contribution < -0.4 is 5.32 Å². The van der Waals surface area contributed by atoms with Crippen molar-refractivity contribution in [2.24, 2.45) is 4.99 Å². The van der Waals surface area contributed by atoms with E-state index in [1.165, 1.54) is 0 Å². The largest absolute Gasteiger partial charge is 0.361 e. The van der Waals surface area contributed by atoms with E-state index in [2.05, 4.69) is 17.4 Å². The van der Waals surface area contributed by atoms with Gasteiger partial charge in [-0.15, -0.1) is 24.0 Å². The number of carbonyl (C=O) groups excluding carboxylic acids is 1. The Balaban J connectivity index is 0.00000341. The summed E-state index contributed by atoms with van der Waals surface area (Å²) in [4.78, 5) is 21.5. The molecule has 0 aliphatic carbocycles. The predicted octanol–water partition coefficient (Wildman–Crippen LogP) is 3.98. The summed E-state index contributed by atoms with van der Waals surface area (Å²) in [6.07, 6.45) is 0. The van der Waals surface area contributed by atoms with Gasteiger partial charge in [0.05, 0.1) is 12.2 Å². The summed E-state index contributed by atoms with van der Waals surface area (Å²) in [5.74, 6) is 1.90. The van der Waals surface area contributed by atoms with Crippen LogP contribution in [0.15, 0.2) is 33.8 Å². The molecule has 3 rings (SSSR count). The maximum atomic E-state index is 12.8. The summed E-state index contributed by atoms with van der Waals surface area (Å²) in [5, 5.41) is 8.07. The first-order valence-electron chi connectivity index (χ1n) is 10.4. The molecular formula is C22H31ClIN5O2. The fourth-order valence-electron chi connectivity index (χ4n) is 3.80. The van der Waals surface area contributed by atoms with E-state index in [0.717, 1.165) is 41.6 Å². The van der Waals surface area contributed by atoms with Gasteiger partial charge in [0.15, 0.2) is 5.96 Å². The van der Waals surface area contributed by atoms with Crippen molar-refractivity contribution >= 4 is 47.4 Å². The molecule has 9 heteroatoms. The van der Waals surface area contributed by atoms with Crippen molar-refractivity contribution in [3.05, 3.63) is 51.9 Å². The molecule has 2 heterocycles. The Bertz CT molecular complexity index is 880. The van der Waals surface area contributed by atoms with Crippen molar-refractivity contribution in [3.63, 3.8) is 0 Å². The first kappa shape index (κ1) is 25.5. The average Bonchev–Trinajstić information content (AvgIpc) is 3.06. The summed E-state index contributed by atoms with van der Waals surface area (Å²) < 4.78 is 5.29. The predicted molar refractivity (Wildman–Crippen MR) is 134 cm³/mol. The van der Waals surface area contributed by atoms with Gasteiger partial charge >= 0.3 is 0 Å². The lowest BCUT2D eigenvalue weighted by atomic mass is 10.00. The molecule has 1 aliphatic heterocycles. The number of nitrogens with zero attached hydrogens (tertiary/aromatic N) is 4. The van der Waals surface area contributed by atoms with E-state index >= 15 is 0 Å². The van der Waals surface area contributed by atoms with Crippen molar-refractivity contribution in [2.75, 3.05) is 32.7 Å². The Morgan fingerprint density at radius 2 is 2.00 bits per heavy atom. The molecule has 1 saturated heterocycles. The lowest BCUT2D eigenvalue weighted by Gasteiger charge is -2.36. The summed E-state index contributed by atoms with van der Waals surface area (Å²) >= 11 is 5.95. The van der Waals surface area contributed by atoms with Gasteiger partial charge in [0, 0.05) is 49.2 Å². The summed E-state index contributed by atoms with van der Waals surface area (Å²) in [6.45, 7) is 11.7. The summed E-state index contributed by atoms with van der Waals surface area (Å²) in [5.41, 5.74) is 3.10. The number of rotatable bonds is 6. The quantitative estimate of drug-likeness (QED) is 0.329. The van der Waals surface area contributed by atoms with Crippen LogP contribution in [0.25, 0.3) is 0 Å². The second-order valence-electron chi connectivity index (χ2n) is 7.70. The molecule has 7 nitrogen and oxygen atoms in total. The number of benzene rings is 1. The molecule has 1 amide bonds. The van der Waals surface area contributed by atoms with Gasteiger partial charge in [-0.25, -0.2) is 0 Å². The maximum absolute atomic E-state index is 12.8. The molecule has 1 unspecified atom stereocenters. The van der Waals surface area contributed by atoms with Gasteiger partial charge in [-0.3, -0.25) is 9.79 Å². The highest BCUT2D eigenvalue weighted by Gasteiger charge is 2.26. The van der Waals surface area contributed by atoms with Gasteiger partial charge in [-0.2, -0.15) is 0 Å². The molecule has 2 aromatic rings. The third kappa shape index (κ3) is 6.58. The van der Waals surface area contributed by atoms with Crippen molar-refractivity contribution in [1.82, 2.24) is 20.3 Å². The molecule has 31 heavy (non-hydrogen) atoms. The van der Waals surface area contributed by atoms with Crippen molar-refractivity contribution in [3.8, 4) is 0 Å². The standard InChI is InChI=1S/C22H30ClN5O2.HI/c1-5-24-22(25-12-15(2)21-16(3)26-30-17(21)4)28-11-10-27(20(29)14-28)13-18-6-8-19(23)9-7-18;/h6-9,15H,5,10-14H2,1-4H3,(H,24,25);1H. The number of hydrogen-bond donors (Lipinski definition) is 1. The van der Waals surface area contributed by atoms with Gasteiger partial charge in [-0.1, -0.05) is 35.8 Å². The molecule has 0 bridgehead atoms.